The molecule has 0 spiro atoms. The van der Waals surface area contributed by atoms with Gasteiger partial charge in [0.05, 0.1) is 6.04 Å². The number of ether oxygens (including phenoxy) is 1. The maximum Gasteiger partial charge on any atom is 0.409 e. The Morgan fingerprint density at radius 3 is 2.40 bits per heavy atom. The van der Waals surface area contributed by atoms with Gasteiger partial charge in [0.2, 0.25) is 10.0 Å². The van der Waals surface area contributed by atoms with Crippen molar-refractivity contribution >= 4 is 16.1 Å². The largest absolute Gasteiger partial charge is 0.465 e. The maximum atomic E-state index is 12.9. The summed E-state index contributed by atoms with van der Waals surface area (Å²) in [6, 6.07) is -0.597. The SMILES string of the molecule is CCCCNS(=O)(=O)C(C)(C)C(O)C1OC(C)(C)N(C(=O)O)[C@H]1CC1CCCCC1. The van der Waals surface area contributed by atoms with Crippen LogP contribution in [0.5, 0.6) is 0 Å². The van der Waals surface area contributed by atoms with Gasteiger partial charge < -0.3 is 14.9 Å². The van der Waals surface area contributed by atoms with Gasteiger partial charge in [-0.3, -0.25) is 4.90 Å². The Morgan fingerprint density at radius 2 is 1.87 bits per heavy atom. The number of unbranched alkanes of at least 4 members (excludes halogenated alkanes) is 1. The monoisotopic (exact) mass is 448 g/mol. The van der Waals surface area contributed by atoms with E-state index in [4.69, 9.17) is 4.74 Å². The molecule has 30 heavy (non-hydrogen) atoms. The van der Waals surface area contributed by atoms with Crippen LogP contribution in [0.2, 0.25) is 0 Å². The molecule has 3 atom stereocenters. The van der Waals surface area contributed by atoms with E-state index in [2.05, 4.69) is 4.72 Å². The quantitative estimate of drug-likeness (QED) is 0.466. The summed E-state index contributed by atoms with van der Waals surface area (Å²) < 4.78 is 33.0. The van der Waals surface area contributed by atoms with E-state index < -0.39 is 44.8 Å². The summed E-state index contributed by atoms with van der Waals surface area (Å²) in [5.74, 6) is 0.347. The topological polar surface area (TPSA) is 116 Å². The summed E-state index contributed by atoms with van der Waals surface area (Å²) in [7, 11) is -3.85. The molecule has 2 aliphatic rings. The number of carbonyl (C=O) groups is 1. The van der Waals surface area contributed by atoms with Crippen LogP contribution in [0.4, 0.5) is 4.79 Å². The third-order valence-corrected chi connectivity index (χ3v) is 8.97. The molecule has 0 aromatic rings. The van der Waals surface area contributed by atoms with Gasteiger partial charge in [-0.2, -0.15) is 0 Å². The Morgan fingerprint density at radius 1 is 1.27 bits per heavy atom. The van der Waals surface area contributed by atoms with Crippen LogP contribution in [-0.2, 0) is 14.8 Å². The zero-order valence-corrected chi connectivity index (χ0v) is 19.9. The number of sulfonamides is 1. The standard InChI is InChI=1S/C21H40N2O6S/c1-6-7-13-22-30(27,28)20(2,3)18(24)17-16(14-15-11-9-8-10-12-15)23(19(25)26)21(4,5)29-17/h15-18,22,24H,6-14H2,1-5H3,(H,25,26)/t16-,17?,18?/m0/s1. The fourth-order valence-corrected chi connectivity index (χ4v) is 6.03. The maximum absolute atomic E-state index is 12.9. The van der Waals surface area contributed by atoms with E-state index in [0.29, 0.717) is 25.3 Å². The minimum atomic E-state index is -3.85. The number of hydrogen-bond donors (Lipinski definition) is 3. The lowest BCUT2D eigenvalue weighted by Gasteiger charge is -2.37. The number of hydrogen-bond acceptors (Lipinski definition) is 5. The minimum Gasteiger partial charge on any atom is -0.465 e. The van der Waals surface area contributed by atoms with Gasteiger partial charge in [-0.1, -0.05) is 45.4 Å². The fraction of sp³-hybridized carbons (Fsp3) is 0.952. The molecule has 1 saturated heterocycles. The van der Waals surface area contributed by atoms with E-state index in [0.717, 1.165) is 32.1 Å². The number of carboxylic acid groups (broad SMARTS) is 1. The Kier molecular flexibility index (Phi) is 8.21. The van der Waals surface area contributed by atoms with Crippen LogP contribution < -0.4 is 4.72 Å². The Bertz CT molecular complexity index is 688. The number of aliphatic hydroxyl groups is 1. The molecule has 9 heteroatoms. The molecule has 0 aromatic heterocycles. The zero-order chi connectivity index (χ0) is 22.7. The first-order valence-electron chi connectivity index (χ1n) is 11.2. The van der Waals surface area contributed by atoms with Crippen molar-refractivity contribution in [2.24, 2.45) is 5.92 Å². The lowest BCUT2D eigenvalue weighted by Crippen LogP contribution is -2.57. The van der Waals surface area contributed by atoms with Crippen LogP contribution in [-0.4, -0.2) is 64.9 Å². The normalized spacial score (nSPS) is 26.7. The van der Waals surface area contributed by atoms with Crippen molar-refractivity contribution in [2.45, 2.75) is 115 Å². The van der Waals surface area contributed by atoms with Gasteiger partial charge in [0.1, 0.15) is 22.7 Å². The number of nitrogens with one attached hydrogen (secondary N) is 1. The third-order valence-electron chi connectivity index (χ3n) is 6.76. The number of amides is 1. The molecule has 1 aliphatic carbocycles. The van der Waals surface area contributed by atoms with Gasteiger partial charge >= 0.3 is 6.09 Å². The molecule has 1 aliphatic heterocycles. The molecule has 8 nitrogen and oxygen atoms in total. The average Bonchev–Trinajstić information content (AvgIpc) is 2.92. The van der Waals surface area contributed by atoms with Gasteiger partial charge in [-0.15, -0.1) is 0 Å². The lowest BCUT2D eigenvalue weighted by atomic mass is 9.82. The molecule has 1 amide bonds. The second-order valence-corrected chi connectivity index (χ2v) is 12.1. The molecule has 2 rings (SSSR count). The molecule has 1 saturated carbocycles. The zero-order valence-electron chi connectivity index (χ0n) is 19.1. The number of rotatable bonds is 9. The molecule has 1 heterocycles. The van der Waals surface area contributed by atoms with E-state index in [9.17, 15) is 23.4 Å². The molecule has 2 unspecified atom stereocenters. The van der Waals surface area contributed by atoms with E-state index >= 15 is 0 Å². The summed E-state index contributed by atoms with van der Waals surface area (Å²) >= 11 is 0. The van der Waals surface area contributed by atoms with Gasteiger partial charge in [0.25, 0.3) is 0 Å². The van der Waals surface area contributed by atoms with Gasteiger partial charge in [0.15, 0.2) is 0 Å². The molecular weight excluding hydrogens is 408 g/mol. The summed E-state index contributed by atoms with van der Waals surface area (Å²) in [5.41, 5.74) is -1.15. The van der Waals surface area contributed by atoms with Gasteiger partial charge in [0, 0.05) is 6.54 Å². The first-order chi connectivity index (χ1) is 13.8. The second-order valence-electron chi connectivity index (χ2n) is 9.79. The highest BCUT2D eigenvalue weighted by molar-refractivity contribution is 7.90. The average molecular weight is 449 g/mol. The Balaban J connectivity index is 2.31. The number of aliphatic hydroxyl groups excluding tert-OH is 1. The van der Waals surface area contributed by atoms with E-state index in [-0.39, 0.29) is 0 Å². The highest BCUT2D eigenvalue weighted by Gasteiger charge is 2.57. The van der Waals surface area contributed by atoms with Crippen molar-refractivity contribution in [1.82, 2.24) is 9.62 Å². The minimum absolute atomic E-state index is 0.304. The highest BCUT2D eigenvalue weighted by atomic mass is 32.2. The molecule has 176 valence electrons. The lowest BCUT2D eigenvalue weighted by molar-refractivity contribution is -0.103. The Hall–Kier alpha value is -0.900. The van der Waals surface area contributed by atoms with Crippen LogP contribution in [0, 0.1) is 5.92 Å². The highest BCUT2D eigenvalue weighted by Crippen LogP contribution is 2.41. The Labute approximate surface area is 181 Å². The molecule has 0 aromatic carbocycles. The van der Waals surface area contributed by atoms with Crippen molar-refractivity contribution in [2.75, 3.05) is 6.54 Å². The van der Waals surface area contributed by atoms with E-state index in [1.54, 1.807) is 13.8 Å². The van der Waals surface area contributed by atoms with E-state index in [1.807, 2.05) is 6.92 Å². The predicted octanol–water partition coefficient (Wildman–Crippen LogP) is 3.30. The van der Waals surface area contributed by atoms with Crippen molar-refractivity contribution in [3.05, 3.63) is 0 Å². The molecule has 3 N–H and O–H groups in total. The third kappa shape index (κ3) is 5.29. The van der Waals surface area contributed by atoms with Crippen molar-refractivity contribution in [3.63, 3.8) is 0 Å². The summed E-state index contributed by atoms with van der Waals surface area (Å²) in [6.45, 7) is 8.54. The molecular formula is C21H40N2O6S. The van der Waals surface area contributed by atoms with E-state index in [1.165, 1.54) is 25.2 Å². The van der Waals surface area contributed by atoms with Crippen LogP contribution in [0.1, 0.15) is 86.0 Å². The first-order valence-corrected chi connectivity index (χ1v) is 12.7. The second kappa shape index (κ2) is 9.71. The molecule has 0 bridgehead atoms. The van der Waals surface area contributed by atoms with Crippen molar-refractivity contribution in [1.29, 1.82) is 0 Å². The van der Waals surface area contributed by atoms with Crippen molar-refractivity contribution in [3.8, 4) is 0 Å². The van der Waals surface area contributed by atoms with Crippen LogP contribution >= 0.6 is 0 Å². The van der Waals surface area contributed by atoms with Gasteiger partial charge in [-0.05, 0) is 46.5 Å². The summed E-state index contributed by atoms with van der Waals surface area (Å²) in [4.78, 5) is 13.4. The van der Waals surface area contributed by atoms with Gasteiger partial charge in [-0.25, -0.2) is 17.9 Å². The fourth-order valence-electron chi connectivity index (χ4n) is 4.79. The van der Waals surface area contributed by atoms with Crippen LogP contribution in [0.15, 0.2) is 0 Å². The smallest absolute Gasteiger partial charge is 0.409 e. The summed E-state index contributed by atoms with van der Waals surface area (Å²) in [6.07, 6.45) is 4.16. The predicted molar refractivity (Wildman–Crippen MR) is 116 cm³/mol. The van der Waals surface area contributed by atoms with Crippen LogP contribution in [0.3, 0.4) is 0 Å². The number of nitrogens with zero attached hydrogens (tertiary/aromatic N) is 1. The van der Waals surface area contributed by atoms with Crippen LogP contribution in [0.25, 0.3) is 0 Å². The summed E-state index contributed by atoms with van der Waals surface area (Å²) in [5, 5.41) is 21.1. The molecule has 0 radical (unpaired) electrons. The first kappa shape index (κ1) is 25.4. The van der Waals surface area contributed by atoms with Crippen molar-refractivity contribution < 1.29 is 28.2 Å². The molecule has 2 fully saturated rings.